The molecule has 0 spiro atoms. The monoisotopic (exact) mass is 324 g/mol. The Balaban J connectivity index is 1.99. The zero-order chi connectivity index (χ0) is 17.1. The van der Waals surface area contributed by atoms with E-state index in [1.54, 1.807) is 7.11 Å². The molecule has 124 valence electrons. The van der Waals surface area contributed by atoms with Crippen LogP contribution in [0.25, 0.3) is 22.6 Å². The number of ether oxygens (including phenoxy) is 1. The number of methoxy groups -OCH3 is 1. The van der Waals surface area contributed by atoms with Crippen molar-refractivity contribution >= 4 is 0 Å². The van der Waals surface area contributed by atoms with Gasteiger partial charge in [-0.15, -0.1) is 0 Å². The maximum Gasteiger partial charge on any atom is 0.336 e. The largest absolute Gasteiger partial charge is 0.496 e. The standard InChI is InChI=1S/C20H20O4/c1-13(2)10-15-11-14(12-20(21)23-15)17-8-9-19(24-17)16-6-4-5-7-18(16)22-3/h4-9,11-13H,10H2,1-3H3. The van der Waals surface area contributed by atoms with Gasteiger partial charge in [-0.2, -0.15) is 0 Å². The summed E-state index contributed by atoms with van der Waals surface area (Å²) >= 11 is 0. The molecule has 0 aliphatic rings. The molecule has 4 heteroatoms. The Labute approximate surface area is 140 Å². The van der Waals surface area contributed by atoms with Gasteiger partial charge < -0.3 is 13.6 Å². The number of hydrogen-bond acceptors (Lipinski definition) is 4. The van der Waals surface area contributed by atoms with Gasteiger partial charge in [-0.3, -0.25) is 0 Å². The van der Waals surface area contributed by atoms with Crippen molar-refractivity contribution < 1.29 is 13.6 Å². The summed E-state index contributed by atoms with van der Waals surface area (Å²) in [4.78, 5) is 11.8. The molecule has 0 aliphatic carbocycles. The molecule has 0 bridgehead atoms. The van der Waals surface area contributed by atoms with Crippen LogP contribution in [0.3, 0.4) is 0 Å². The molecule has 0 atom stereocenters. The van der Waals surface area contributed by atoms with Crippen molar-refractivity contribution in [3.8, 4) is 28.4 Å². The molecular formula is C20H20O4. The molecule has 1 aromatic carbocycles. The molecule has 24 heavy (non-hydrogen) atoms. The van der Waals surface area contributed by atoms with Crippen molar-refractivity contribution in [1.82, 2.24) is 0 Å². The third-order valence-corrected chi connectivity index (χ3v) is 3.69. The van der Waals surface area contributed by atoms with Crippen molar-refractivity contribution in [3.05, 3.63) is 64.7 Å². The van der Waals surface area contributed by atoms with Crippen molar-refractivity contribution in [2.75, 3.05) is 7.11 Å². The quantitative estimate of drug-likeness (QED) is 0.678. The van der Waals surface area contributed by atoms with Crippen LogP contribution >= 0.6 is 0 Å². The molecule has 0 unspecified atom stereocenters. The van der Waals surface area contributed by atoms with Gasteiger partial charge in [0.1, 0.15) is 23.0 Å². The first-order valence-electron chi connectivity index (χ1n) is 7.94. The van der Waals surface area contributed by atoms with E-state index in [-0.39, 0.29) is 5.63 Å². The van der Waals surface area contributed by atoms with E-state index < -0.39 is 0 Å². The van der Waals surface area contributed by atoms with Gasteiger partial charge >= 0.3 is 5.63 Å². The summed E-state index contributed by atoms with van der Waals surface area (Å²) in [5.74, 6) is 3.15. The van der Waals surface area contributed by atoms with Crippen LogP contribution in [0.4, 0.5) is 0 Å². The molecule has 3 aromatic rings. The number of rotatable bonds is 5. The zero-order valence-corrected chi connectivity index (χ0v) is 14.0. The second-order valence-corrected chi connectivity index (χ2v) is 6.09. The number of benzene rings is 1. The highest BCUT2D eigenvalue weighted by Crippen LogP contribution is 2.33. The van der Waals surface area contributed by atoms with Crippen LogP contribution < -0.4 is 10.4 Å². The van der Waals surface area contributed by atoms with E-state index in [0.717, 1.165) is 16.9 Å². The van der Waals surface area contributed by atoms with Crippen molar-refractivity contribution in [1.29, 1.82) is 0 Å². The summed E-state index contributed by atoms with van der Waals surface area (Å²) in [6.07, 6.45) is 0.711. The SMILES string of the molecule is COc1ccccc1-c1ccc(-c2cc(CC(C)C)oc(=O)c2)o1. The maximum absolute atomic E-state index is 11.8. The molecule has 2 aromatic heterocycles. The minimum atomic E-state index is -0.363. The van der Waals surface area contributed by atoms with Crippen molar-refractivity contribution in [3.63, 3.8) is 0 Å². The van der Waals surface area contributed by atoms with Gasteiger partial charge in [-0.05, 0) is 36.2 Å². The third-order valence-electron chi connectivity index (χ3n) is 3.69. The van der Waals surface area contributed by atoms with Crippen LogP contribution in [-0.4, -0.2) is 7.11 Å². The van der Waals surface area contributed by atoms with Crippen LogP contribution in [0, 0.1) is 5.92 Å². The fourth-order valence-corrected chi connectivity index (χ4v) is 2.66. The first-order chi connectivity index (χ1) is 11.6. The molecule has 4 nitrogen and oxygen atoms in total. The molecule has 0 saturated heterocycles. The molecule has 2 heterocycles. The predicted octanol–water partition coefficient (Wildman–Crippen LogP) is 4.77. The lowest BCUT2D eigenvalue weighted by molar-refractivity contribution is 0.414. The van der Waals surface area contributed by atoms with Crippen LogP contribution in [0.2, 0.25) is 0 Å². The van der Waals surface area contributed by atoms with Gasteiger partial charge in [0, 0.05) is 18.1 Å². The van der Waals surface area contributed by atoms with Gasteiger partial charge in [0.15, 0.2) is 0 Å². The van der Waals surface area contributed by atoms with Gasteiger partial charge in [0.2, 0.25) is 0 Å². The van der Waals surface area contributed by atoms with Crippen LogP contribution in [0.1, 0.15) is 19.6 Å². The highest BCUT2D eigenvalue weighted by atomic mass is 16.5. The molecule has 0 aliphatic heterocycles. The lowest BCUT2D eigenvalue weighted by Gasteiger charge is -2.06. The second-order valence-electron chi connectivity index (χ2n) is 6.09. The number of para-hydroxylation sites is 1. The Hall–Kier alpha value is -2.75. The van der Waals surface area contributed by atoms with E-state index in [0.29, 0.717) is 29.6 Å². The Morgan fingerprint density at radius 2 is 1.75 bits per heavy atom. The van der Waals surface area contributed by atoms with Gasteiger partial charge in [-0.25, -0.2) is 4.79 Å². The minimum absolute atomic E-state index is 0.363. The highest BCUT2D eigenvalue weighted by molar-refractivity contribution is 5.69. The molecular weight excluding hydrogens is 304 g/mol. The number of hydrogen-bond donors (Lipinski definition) is 0. The Kier molecular flexibility index (Phi) is 4.56. The predicted molar refractivity (Wildman–Crippen MR) is 93.2 cm³/mol. The molecule has 0 fully saturated rings. The smallest absolute Gasteiger partial charge is 0.336 e. The molecule has 0 saturated carbocycles. The van der Waals surface area contributed by atoms with E-state index in [2.05, 4.69) is 13.8 Å². The van der Waals surface area contributed by atoms with Gasteiger partial charge in [0.25, 0.3) is 0 Å². The zero-order valence-electron chi connectivity index (χ0n) is 14.0. The van der Waals surface area contributed by atoms with E-state index in [4.69, 9.17) is 13.6 Å². The van der Waals surface area contributed by atoms with Crippen LogP contribution in [-0.2, 0) is 6.42 Å². The molecule has 3 rings (SSSR count). The number of furan rings is 1. The van der Waals surface area contributed by atoms with E-state index in [1.807, 2.05) is 42.5 Å². The van der Waals surface area contributed by atoms with Crippen LogP contribution in [0.15, 0.2) is 62.2 Å². The molecule has 0 radical (unpaired) electrons. The lowest BCUT2D eigenvalue weighted by Crippen LogP contribution is -2.03. The third kappa shape index (κ3) is 3.43. The average molecular weight is 324 g/mol. The summed E-state index contributed by atoms with van der Waals surface area (Å²) in [6.45, 7) is 4.17. The first-order valence-corrected chi connectivity index (χ1v) is 7.94. The Morgan fingerprint density at radius 1 is 1.00 bits per heavy atom. The normalized spacial score (nSPS) is 11.0. The van der Waals surface area contributed by atoms with Gasteiger partial charge in [-0.1, -0.05) is 26.0 Å². The fraction of sp³-hybridized carbons (Fsp3) is 0.250. The van der Waals surface area contributed by atoms with Crippen LogP contribution in [0.5, 0.6) is 5.75 Å². The highest BCUT2D eigenvalue weighted by Gasteiger charge is 2.13. The fourth-order valence-electron chi connectivity index (χ4n) is 2.66. The van der Waals surface area contributed by atoms with E-state index in [9.17, 15) is 4.79 Å². The van der Waals surface area contributed by atoms with E-state index in [1.165, 1.54) is 6.07 Å². The Bertz CT molecular complexity index is 886. The first kappa shape index (κ1) is 16.1. The maximum atomic E-state index is 11.8. The van der Waals surface area contributed by atoms with E-state index >= 15 is 0 Å². The van der Waals surface area contributed by atoms with Crippen molar-refractivity contribution in [2.45, 2.75) is 20.3 Å². The summed E-state index contributed by atoms with van der Waals surface area (Å²) in [5, 5.41) is 0. The molecule has 0 N–H and O–H groups in total. The minimum Gasteiger partial charge on any atom is -0.496 e. The summed E-state index contributed by atoms with van der Waals surface area (Å²) in [5.41, 5.74) is 1.23. The summed E-state index contributed by atoms with van der Waals surface area (Å²) < 4.78 is 16.6. The second kappa shape index (κ2) is 6.79. The average Bonchev–Trinajstić information content (AvgIpc) is 3.03. The Morgan fingerprint density at radius 3 is 2.50 bits per heavy atom. The topological polar surface area (TPSA) is 52.6 Å². The lowest BCUT2D eigenvalue weighted by atomic mass is 10.1. The summed E-state index contributed by atoms with van der Waals surface area (Å²) in [6, 6.07) is 14.7. The van der Waals surface area contributed by atoms with Crippen molar-refractivity contribution in [2.24, 2.45) is 5.92 Å². The van der Waals surface area contributed by atoms with Gasteiger partial charge in [0.05, 0.1) is 12.7 Å². The molecule has 0 amide bonds. The summed E-state index contributed by atoms with van der Waals surface area (Å²) in [7, 11) is 1.63.